The Kier molecular flexibility index (Phi) is 10.8. The number of primary amides is 1. The fourth-order valence-corrected chi connectivity index (χ4v) is 6.07. The van der Waals surface area contributed by atoms with Crippen molar-refractivity contribution in [1.82, 2.24) is 15.2 Å². The average Bonchev–Trinajstić information content (AvgIpc) is 3.38. The number of nitrogens with two attached hydrogens (primary N) is 1. The molecule has 1 aliphatic heterocycles. The summed E-state index contributed by atoms with van der Waals surface area (Å²) in [6.07, 6.45) is 10.7. The zero-order valence-electron chi connectivity index (χ0n) is 24.2. The summed E-state index contributed by atoms with van der Waals surface area (Å²) in [5.74, 6) is 1.46. The number of benzene rings is 1. The number of amides is 3. The highest BCUT2D eigenvalue weighted by atomic mass is 16.4. The number of urea groups is 1. The van der Waals surface area contributed by atoms with E-state index in [1.807, 2.05) is 30.3 Å². The van der Waals surface area contributed by atoms with Gasteiger partial charge in [-0.05, 0) is 55.9 Å². The lowest BCUT2D eigenvalue weighted by atomic mass is 9.86. The minimum absolute atomic E-state index is 0.0240. The molecule has 2 heterocycles. The summed E-state index contributed by atoms with van der Waals surface area (Å²) in [6, 6.07) is 8.94. The van der Waals surface area contributed by atoms with Crippen molar-refractivity contribution in [1.29, 1.82) is 0 Å². The zero-order valence-corrected chi connectivity index (χ0v) is 24.2. The van der Waals surface area contributed by atoms with Crippen molar-refractivity contribution in [3.63, 3.8) is 0 Å². The molecule has 3 amide bonds. The van der Waals surface area contributed by atoms with Crippen LogP contribution in [0.4, 0.5) is 4.79 Å². The summed E-state index contributed by atoms with van der Waals surface area (Å²) < 4.78 is 6.24. The summed E-state index contributed by atoms with van der Waals surface area (Å²) >= 11 is 0. The molecule has 2 aliphatic rings. The van der Waals surface area contributed by atoms with Crippen LogP contribution in [0.3, 0.4) is 0 Å². The third-order valence-electron chi connectivity index (χ3n) is 8.42. The predicted molar refractivity (Wildman–Crippen MR) is 155 cm³/mol. The van der Waals surface area contributed by atoms with E-state index in [2.05, 4.69) is 19.2 Å². The number of carbonyl (C=O) groups is 3. The Balaban J connectivity index is 1.50. The number of piperidine rings is 1. The number of hydrogen-bond acceptors (Lipinski definition) is 5. The van der Waals surface area contributed by atoms with Gasteiger partial charge in [-0.1, -0.05) is 76.3 Å². The number of likely N-dealkylation sites (tertiary alicyclic amines) is 1. The molecule has 0 bridgehead atoms. The molecule has 1 saturated heterocycles. The maximum atomic E-state index is 14.0. The Morgan fingerprint density at radius 1 is 1.05 bits per heavy atom. The van der Waals surface area contributed by atoms with Crippen LogP contribution in [0.25, 0.3) is 0 Å². The van der Waals surface area contributed by atoms with E-state index < -0.39 is 12.1 Å². The van der Waals surface area contributed by atoms with Crippen LogP contribution in [0.15, 0.2) is 34.7 Å². The number of Topliss-reactive ketones (excluding diaryl/α,β-unsaturated/α-hetero) is 1. The van der Waals surface area contributed by atoms with Gasteiger partial charge in [0.25, 0.3) is 0 Å². The van der Waals surface area contributed by atoms with Gasteiger partial charge in [-0.3, -0.25) is 9.59 Å². The molecule has 1 aliphatic carbocycles. The smallest absolute Gasteiger partial charge is 0.314 e. The Morgan fingerprint density at radius 2 is 1.75 bits per heavy atom. The monoisotopic (exact) mass is 550 g/mol. The van der Waals surface area contributed by atoms with Crippen molar-refractivity contribution in [2.75, 3.05) is 13.1 Å². The predicted octanol–water partition coefficient (Wildman–Crippen LogP) is 5.79. The van der Waals surface area contributed by atoms with E-state index in [-0.39, 0.29) is 29.3 Å². The van der Waals surface area contributed by atoms with Crippen LogP contribution in [0, 0.1) is 11.8 Å². The minimum Gasteiger partial charge on any atom is -0.437 e. The van der Waals surface area contributed by atoms with E-state index in [9.17, 15) is 14.4 Å². The SMILES string of the molecule is CC(C)Cc1nc(C2CCN(C(N)=O)CC2)oc1C(=O)C(CCc1ccccc1)NC(=O)CCC1CCCCC1. The number of hydrogen-bond donors (Lipinski definition) is 2. The molecule has 1 aromatic heterocycles. The molecule has 8 heteroatoms. The van der Waals surface area contributed by atoms with Crippen LogP contribution in [-0.4, -0.2) is 46.7 Å². The molecule has 0 radical (unpaired) electrons. The van der Waals surface area contributed by atoms with Crippen molar-refractivity contribution in [2.24, 2.45) is 17.6 Å². The van der Waals surface area contributed by atoms with Crippen LogP contribution in [0.2, 0.25) is 0 Å². The van der Waals surface area contributed by atoms with Crippen molar-refractivity contribution < 1.29 is 18.8 Å². The van der Waals surface area contributed by atoms with Gasteiger partial charge in [0, 0.05) is 25.4 Å². The first kappa shape index (κ1) is 29.8. The largest absolute Gasteiger partial charge is 0.437 e. The molecule has 40 heavy (non-hydrogen) atoms. The minimum atomic E-state index is -0.678. The van der Waals surface area contributed by atoms with Crippen LogP contribution in [-0.2, 0) is 17.6 Å². The highest BCUT2D eigenvalue weighted by Crippen LogP contribution is 2.31. The zero-order chi connectivity index (χ0) is 28.5. The Bertz CT molecular complexity index is 1120. The molecule has 4 rings (SSSR count). The van der Waals surface area contributed by atoms with E-state index in [0.29, 0.717) is 69.1 Å². The van der Waals surface area contributed by atoms with Gasteiger partial charge in [-0.2, -0.15) is 0 Å². The summed E-state index contributed by atoms with van der Waals surface area (Å²) in [6.45, 7) is 5.27. The molecular formula is C32H46N4O4. The van der Waals surface area contributed by atoms with Gasteiger partial charge < -0.3 is 20.4 Å². The second kappa shape index (κ2) is 14.5. The van der Waals surface area contributed by atoms with Gasteiger partial charge in [0.2, 0.25) is 11.7 Å². The van der Waals surface area contributed by atoms with Crippen LogP contribution in [0.1, 0.15) is 112 Å². The van der Waals surface area contributed by atoms with E-state index in [1.165, 1.54) is 32.1 Å². The average molecular weight is 551 g/mol. The van der Waals surface area contributed by atoms with Gasteiger partial charge in [0.05, 0.1) is 11.7 Å². The molecule has 1 aromatic carbocycles. The van der Waals surface area contributed by atoms with E-state index in [4.69, 9.17) is 15.1 Å². The lowest BCUT2D eigenvalue weighted by Crippen LogP contribution is -2.41. The van der Waals surface area contributed by atoms with Crippen LogP contribution < -0.4 is 11.1 Å². The number of aryl methyl sites for hydroxylation is 1. The number of ketones is 1. The maximum Gasteiger partial charge on any atom is 0.314 e. The Morgan fingerprint density at radius 3 is 2.40 bits per heavy atom. The summed E-state index contributed by atoms with van der Waals surface area (Å²) in [5, 5.41) is 3.08. The first-order chi connectivity index (χ1) is 19.3. The third kappa shape index (κ3) is 8.42. The first-order valence-corrected chi connectivity index (χ1v) is 15.2. The van der Waals surface area contributed by atoms with Crippen molar-refractivity contribution in [3.8, 4) is 0 Å². The third-order valence-corrected chi connectivity index (χ3v) is 8.42. The van der Waals surface area contributed by atoms with Crippen LogP contribution in [0.5, 0.6) is 0 Å². The fourth-order valence-electron chi connectivity index (χ4n) is 6.07. The fraction of sp³-hybridized carbons (Fsp3) is 0.625. The second-order valence-electron chi connectivity index (χ2n) is 12.1. The van der Waals surface area contributed by atoms with Gasteiger partial charge in [0.15, 0.2) is 11.7 Å². The number of oxazole rings is 1. The van der Waals surface area contributed by atoms with Crippen LogP contribution >= 0.6 is 0 Å². The summed E-state index contributed by atoms with van der Waals surface area (Å²) in [4.78, 5) is 45.1. The molecule has 2 aromatic rings. The van der Waals surface area contributed by atoms with Gasteiger partial charge in [-0.15, -0.1) is 0 Å². The standard InChI is InChI=1S/C32H46N4O4/c1-22(2)21-27-30(40-31(35-27)25-17-19-36(20-18-25)32(33)39)29(38)26(15-13-23-9-5-3-6-10-23)34-28(37)16-14-24-11-7-4-8-12-24/h3,5-6,9-10,22,24-26H,4,7-8,11-21H2,1-2H3,(H2,33,39)(H,34,37). The van der Waals surface area contributed by atoms with Crippen molar-refractivity contribution >= 4 is 17.7 Å². The number of nitrogens with zero attached hydrogens (tertiary/aromatic N) is 2. The van der Waals surface area contributed by atoms with E-state index >= 15 is 0 Å². The van der Waals surface area contributed by atoms with E-state index in [0.717, 1.165) is 12.0 Å². The van der Waals surface area contributed by atoms with Crippen molar-refractivity contribution in [3.05, 3.63) is 53.2 Å². The number of nitrogens with one attached hydrogen (secondary N) is 1. The molecule has 1 saturated carbocycles. The number of rotatable bonds is 12. The molecule has 2 fully saturated rings. The first-order valence-electron chi connectivity index (χ1n) is 15.2. The molecule has 8 nitrogen and oxygen atoms in total. The second-order valence-corrected chi connectivity index (χ2v) is 12.1. The Labute approximate surface area is 238 Å². The molecule has 3 N–H and O–H groups in total. The molecule has 1 unspecified atom stereocenters. The molecular weight excluding hydrogens is 504 g/mol. The van der Waals surface area contributed by atoms with Gasteiger partial charge in [-0.25, -0.2) is 9.78 Å². The molecule has 1 atom stereocenters. The van der Waals surface area contributed by atoms with Gasteiger partial charge in [0.1, 0.15) is 0 Å². The number of carbonyl (C=O) groups excluding carboxylic acids is 3. The topological polar surface area (TPSA) is 119 Å². The molecule has 0 spiro atoms. The van der Waals surface area contributed by atoms with Gasteiger partial charge >= 0.3 is 6.03 Å². The highest BCUT2D eigenvalue weighted by molar-refractivity contribution is 6.00. The lowest BCUT2D eigenvalue weighted by Gasteiger charge is -2.29. The summed E-state index contributed by atoms with van der Waals surface area (Å²) in [7, 11) is 0. The normalized spacial score (nSPS) is 17.6. The van der Waals surface area contributed by atoms with Crippen molar-refractivity contribution in [2.45, 2.75) is 103 Å². The number of aromatic nitrogens is 1. The quantitative estimate of drug-likeness (QED) is 0.324. The summed E-state index contributed by atoms with van der Waals surface area (Å²) in [5.41, 5.74) is 7.23. The van der Waals surface area contributed by atoms with E-state index in [1.54, 1.807) is 4.90 Å². The lowest BCUT2D eigenvalue weighted by molar-refractivity contribution is -0.122. The highest BCUT2D eigenvalue weighted by Gasteiger charge is 2.32. The maximum absolute atomic E-state index is 14.0. The Hall–Kier alpha value is -3.16. The molecule has 218 valence electrons.